The van der Waals surface area contributed by atoms with Crippen LogP contribution in [-0.2, 0) is 9.63 Å². The lowest BCUT2D eigenvalue weighted by Crippen LogP contribution is -2.29. The maximum atomic E-state index is 11.9. The second-order valence-corrected chi connectivity index (χ2v) is 5.88. The van der Waals surface area contributed by atoms with Gasteiger partial charge >= 0.3 is 0 Å². The molecular formula is C12H13BrN2O2S. The number of anilines is 1. The minimum absolute atomic E-state index is 0.000528. The Morgan fingerprint density at radius 3 is 2.67 bits per heavy atom. The van der Waals surface area contributed by atoms with Crippen molar-refractivity contribution >= 4 is 44.5 Å². The number of carbonyl (C=O) groups is 1. The van der Waals surface area contributed by atoms with Gasteiger partial charge in [0.1, 0.15) is 6.10 Å². The number of nitrogens with zero attached hydrogens (tertiary/aromatic N) is 2. The normalized spacial score (nSPS) is 17.9. The number of oxime groups is 1. The predicted molar refractivity (Wildman–Crippen MR) is 77.7 cm³/mol. The molecule has 4 nitrogen and oxygen atoms in total. The van der Waals surface area contributed by atoms with Gasteiger partial charge in [0.15, 0.2) is 0 Å². The van der Waals surface area contributed by atoms with Crippen molar-refractivity contribution in [3.05, 3.63) is 28.7 Å². The van der Waals surface area contributed by atoms with Gasteiger partial charge in [0, 0.05) is 4.47 Å². The third-order valence-electron chi connectivity index (χ3n) is 2.19. The van der Waals surface area contributed by atoms with E-state index in [0.29, 0.717) is 10.9 Å². The number of carbonyl (C=O) groups excluding carboxylic acids is 1. The van der Waals surface area contributed by atoms with Crippen LogP contribution in [0, 0.1) is 0 Å². The minimum Gasteiger partial charge on any atom is -0.391 e. The lowest BCUT2D eigenvalue weighted by Gasteiger charge is -2.16. The summed E-state index contributed by atoms with van der Waals surface area (Å²) in [5.41, 5.74) is 0.805. The molecule has 96 valence electrons. The van der Waals surface area contributed by atoms with Crippen LogP contribution in [0.1, 0.15) is 13.8 Å². The zero-order valence-electron chi connectivity index (χ0n) is 10.1. The number of hydrogen-bond acceptors (Lipinski definition) is 4. The topological polar surface area (TPSA) is 41.9 Å². The van der Waals surface area contributed by atoms with Gasteiger partial charge in [-0.15, -0.1) is 0 Å². The fourth-order valence-corrected chi connectivity index (χ4v) is 2.50. The quantitative estimate of drug-likeness (QED) is 0.800. The van der Waals surface area contributed by atoms with Crippen LogP contribution in [0.2, 0.25) is 0 Å². The van der Waals surface area contributed by atoms with E-state index in [1.54, 1.807) is 4.90 Å². The predicted octanol–water partition coefficient (Wildman–Crippen LogP) is 3.22. The van der Waals surface area contributed by atoms with Gasteiger partial charge in [0.05, 0.1) is 11.4 Å². The summed E-state index contributed by atoms with van der Waals surface area (Å²) in [7, 11) is 0. The Morgan fingerprint density at radius 1 is 1.39 bits per heavy atom. The lowest BCUT2D eigenvalue weighted by atomic mass is 10.3. The highest BCUT2D eigenvalue weighted by molar-refractivity contribution is 9.10. The third kappa shape index (κ3) is 3.05. The molecule has 0 aliphatic carbocycles. The molecule has 1 aliphatic heterocycles. The van der Waals surface area contributed by atoms with E-state index in [-0.39, 0.29) is 12.0 Å². The highest BCUT2D eigenvalue weighted by atomic mass is 79.9. The van der Waals surface area contributed by atoms with Gasteiger partial charge in [-0.25, -0.2) is 0 Å². The van der Waals surface area contributed by atoms with Gasteiger partial charge in [-0.1, -0.05) is 32.8 Å². The van der Waals surface area contributed by atoms with Crippen molar-refractivity contribution in [3.8, 4) is 0 Å². The zero-order chi connectivity index (χ0) is 13.1. The van der Waals surface area contributed by atoms with Crippen LogP contribution in [0.25, 0.3) is 0 Å². The molecule has 0 bridgehead atoms. The zero-order valence-corrected chi connectivity index (χ0v) is 12.5. The molecule has 0 spiro atoms. The summed E-state index contributed by atoms with van der Waals surface area (Å²) >= 11 is 4.76. The van der Waals surface area contributed by atoms with E-state index in [9.17, 15) is 4.79 Å². The molecule has 1 amide bonds. The highest BCUT2D eigenvalue weighted by Gasteiger charge is 2.30. The summed E-state index contributed by atoms with van der Waals surface area (Å²) in [6.45, 7) is 3.80. The number of halogens is 1. The number of amides is 1. The Hall–Kier alpha value is -1.01. The Balaban J connectivity index is 2.25. The van der Waals surface area contributed by atoms with Crippen molar-refractivity contribution in [3.63, 3.8) is 0 Å². The number of hydrogen-bond donors (Lipinski definition) is 0. The first-order chi connectivity index (χ1) is 8.58. The van der Waals surface area contributed by atoms with Crippen LogP contribution in [-0.4, -0.2) is 22.9 Å². The molecule has 0 atom stereocenters. The summed E-state index contributed by atoms with van der Waals surface area (Å²) in [6.07, 6.45) is 0.000528. The average Bonchev–Trinajstić information content (AvgIpc) is 2.69. The molecule has 0 N–H and O–H groups in total. The van der Waals surface area contributed by atoms with E-state index in [2.05, 4.69) is 21.1 Å². The lowest BCUT2D eigenvalue weighted by molar-refractivity contribution is -0.115. The number of amidine groups is 1. The third-order valence-corrected chi connectivity index (χ3v) is 3.63. The maximum absolute atomic E-state index is 11.9. The van der Waals surface area contributed by atoms with Crippen LogP contribution >= 0.6 is 27.7 Å². The molecule has 0 aromatic heterocycles. The SMILES string of the molecule is CC(C)O/N=C1\SCC(=O)N1c1ccc(Br)cc1. The highest BCUT2D eigenvalue weighted by Crippen LogP contribution is 2.27. The molecule has 18 heavy (non-hydrogen) atoms. The average molecular weight is 329 g/mol. The summed E-state index contributed by atoms with van der Waals surface area (Å²) in [5.74, 6) is 0.421. The minimum atomic E-state index is 0.000528. The molecule has 1 aliphatic rings. The van der Waals surface area contributed by atoms with Crippen LogP contribution < -0.4 is 4.90 Å². The van der Waals surface area contributed by atoms with E-state index in [0.717, 1.165) is 10.2 Å². The van der Waals surface area contributed by atoms with Gasteiger partial charge in [0.2, 0.25) is 11.1 Å². The van der Waals surface area contributed by atoms with Crippen LogP contribution in [0.15, 0.2) is 33.9 Å². The van der Waals surface area contributed by atoms with E-state index >= 15 is 0 Å². The summed E-state index contributed by atoms with van der Waals surface area (Å²) < 4.78 is 0.975. The molecule has 0 radical (unpaired) electrons. The van der Waals surface area contributed by atoms with Gasteiger partial charge in [-0.3, -0.25) is 9.69 Å². The van der Waals surface area contributed by atoms with Crippen molar-refractivity contribution in [2.24, 2.45) is 5.16 Å². The van der Waals surface area contributed by atoms with Gasteiger partial charge < -0.3 is 4.84 Å². The molecule has 1 heterocycles. The fourth-order valence-electron chi connectivity index (χ4n) is 1.42. The summed E-state index contributed by atoms with van der Waals surface area (Å²) in [4.78, 5) is 18.7. The van der Waals surface area contributed by atoms with E-state index in [4.69, 9.17) is 4.84 Å². The van der Waals surface area contributed by atoms with Gasteiger partial charge in [-0.05, 0) is 38.1 Å². The molecule has 1 saturated heterocycles. The van der Waals surface area contributed by atoms with Crippen molar-refractivity contribution in [2.45, 2.75) is 20.0 Å². The second-order valence-electron chi connectivity index (χ2n) is 4.02. The van der Waals surface area contributed by atoms with E-state index in [1.165, 1.54) is 11.8 Å². The second kappa shape index (κ2) is 5.75. The van der Waals surface area contributed by atoms with Crippen LogP contribution in [0.5, 0.6) is 0 Å². The molecule has 1 aromatic rings. The van der Waals surface area contributed by atoms with Crippen molar-refractivity contribution in [1.29, 1.82) is 0 Å². The Kier molecular flexibility index (Phi) is 4.29. The number of benzene rings is 1. The molecule has 0 unspecified atom stereocenters. The van der Waals surface area contributed by atoms with E-state index < -0.39 is 0 Å². The Labute approximate surface area is 118 Å². The van der Waals surface area contributed by atoms with E-state index in [1.807, 2.05) is 38.1 Å². The number of thioether (sulfide) groups is 1. The smallest absolute Gasteiger partial charge is 0.243 e. The molecular weight excluding hydrogens is 316 g/mol. The molecule has 6 heteroatoms. The first-order valence-corrected chi connectivity index (χ1v) is 7.31. The molecule has 0 saturated carbocycles. The molecule has 2 rings (SSSR count). The number of rotatable bonds is 3. The standard InChI is InChI=1S/C12H13BrN2O2S/c1-8(2)17-14-12-15(11(16)7-18-12)10-5-3-9(13)4-6-10/h3-6,8H,7H2,1-2H3/b14-12-. The fraction of sp³-hybridized carbons (Fsp3) is 0.333. The summed E-state index contributed by atoms with van der Waals surface area (Å²) in [5, 5.41) is 4.62. The summed E-state index contributed by atoms with van der Waals surface area (Å²) in [6, 6.07) is 7.54. The van der Waals surface area contributed by atoms with Crippen LogP contribution in [0.3, 0.4) is 0 Å². The Bertz CT molecular complexity index is 473. The first kappa shape index (κ1) is 13.4. The Morgan fingerprint density at radius 2 is 2.06 bits per heavy atom. The largest absolute Gasteiger partial charge is 0.391 e. The van der Waals surface area contributed by atoms with Gasteiger partial charge in [0.25, 0.3) is 0 Å². The monoisotopic (exact) mass is 328 g/mol. The van der Waals surface area contributed by atoms with Crippen molar-refractivity contribution < 1.29 is 9.63 Å². The molecule has 1 fully saturated rings. The first-order valence-electron chi connectivity index (χ1n) is 5.53. The van der Waals surface area contributed by atoms with Crippen LogP contribution in [0.4, 0.5) is 5.69 Å². The maximum Gasteiger partial charge on any atom is 0.243 e. The van der Waals surface area contributed by atoms with Gasteiger partial charge in [-0.2, -0.15) is 0 Å². The molecule has 1 aromatic carbocycles. The van der Waals surface area contributed by atoms with Crippen molar-refractivity contribution in [1.82, 2.24) is 0 Å². The van der Waals surface area contributed by atoms with Crippen molar-refractivity contribution in [2.75, 3.05) is 10.7 Å².